The minimum absolute atomic E-state index is 0.111. The van der Waals surface area contributed by atoms with Gasteiger partial charge in [0.25, 0.3) is 0 Å². The van der Waals surface area contributed by atoms with Gasteiger partial charge in [-0.05, 0) is 6.92 Å². The molecule has 2 heterocycles. The summed E-state index contributed by atoms with van der Waals surface area (Å²) < 4.78 is 34.1. The first-order valence-electron chi connectivity index (χ1n) is 7.58. The number of anilines is 2. The molecule has 0 radical (unpaired) electrons. The molecule has 6 nitrogen and oxygen atoms in total. The molecular weight excluding hydrogens is 370 g/mol. The van der Waals surface area contributed by atoms with Crippen molar-refractivity contribution < 1.29 is 18.3 Å². The Hall–Kier alpha value is -2.07. The van der Waals surface area contributed by atoms with E-state index in [9.17, 15) is 13.6 Å². The van der Waals surface area contributed by atoms with Crippen LogP contribution in [0.15, 0.2) is 12.1 Å². The largest absolute Gasteiger partial charge is 0.442 e. The number of cyclic esters (lactones) is 1. The minimum atomic E-state index is -0.759. The van der Waals surface area contributed by atoms with Crippen molar-refractivity contribution in [1.29, 1.82) is 0 Å². The Labute approximate surface area is 154 Å². The number of thiocarbonyl (C=S) groups is 2. The lowest BCUT2D eigenvalue weighted by molar-refractivity contribution is 0.143. The van der Waals surface area contributed by atoms with Crippen molar-refractivity contribution in [2.75, 3.05) is 36.1 Å². The number of benzene rings is 1. The van der Waals surface area contributed by atoms with Crippen LogP contribution in [0.2, 0.25) is 0 Å². The van der Waals surface area contributed by atoms with E-state index in [1.165, 1.54) is 9.80 Å². The Morgan fingerprint density at radius 3 is 2.68 bits per heavy atom. The van der Waals surface area contributed by atoms with Crippen molar-refractivity contribution in [3.63, 3.8) is 0 Å². The fourth-order valence-electron chi connectivity index (χ4n) is 2.73. The molecule has 2 saturated heterocycles. The first-order chi connectivity index (χ1) is 11.8. The van der Waals surface area contributed by atoms with Crippen LogP contribution in [0.3, 0.4) is 0 Å². The number of hydrogen-bond donors (Lipinski definition) is 2. The third kappa shape index (κ3) is 3.79. The smallest absolute Gasteiger partial charge is 0.414 e. The number of ether oxygens (including phenoxy) is 1. The third-order valence-corrected chi connectivity index (χ3v) is 4.30. The summed E-state index contributed by atoms with van der Waals surface area (Å²) in [6.07, 6.45) is -1.10. The molecule has 2 aliphatic rings. The number of nitrogens with one attached hydrogen (secondary N) is 2. The van der Waals surface area contributed by atoms with E-state index in [-0.39, 0.29) is 31.1 Å². The van der Waals surface area contributed by atoms with Gasteiger partial charge in [0.15, 0.2) is 11.6 Å². The molecule has 1 aromatic carbocycles. The van der Waals surface area contributed by atoms with E-state index in [0.717, 1.165) is 12.1 Å². The summed E-state index contributed by atoms with van der Waals surface area (Å²) in [5.41, 5.74) is -0.0572. The highest BCUT2D eigenvalue weighted by Crippen LogP contribution is 2.31. The molecule has 2 N–H and O–H groups in total. The molecule has 134 valence electrons. The maximum atomic E-state index is 14.5. The van der Waals surface area contributed by atoms with Crippen LogP contribution in [-0.4, -0.2) is 48.5 Å². The van der Waals surface area contributed by atoms with Gasteiger partial charge in [-0.15, -0.1) is 0 Å². The number of carbonyl (C=O) groups is 1. The van der Waals surface area contributed by atoms with Crippen molar-refractivity contribution in [2.45, 2.75) is 13.0 Å². The summed E-state index contributed by atoms with van der Waals surface area (Å²) in [6, 6.07) is 2.25. The molecule has 1 atom stereocenters. The Balaban J connectivity index is 1.78. The highest BCUT2D eigenvalue weighted by Gasteiger charge is 2.34. The van der Waals surface area contributed by atoms with Crippen molar-refractivity contribution in [1.82, 2.24) is 10.6 Å². The first kappa shape index (κ1) is 17.7. The standard InChI is InChI=1S/C15H16F2N4O2S2/c1-8(24)18-4-10-5-21(15(22)23-10)9-2-11(16)14(12(17)3-9)20-6-13(25)19-7-20/h2-3,10H,4-7H2,1H3,(H,18,24)(H,19,25)/t10-/m0/s1. The second-order valence-corrected chi connectivity index (χ2v) is 6.87. The van der Waals surface area contributed by atoms with Gasteiger partial charge in [0, 0.05) is 12.1 Å². The number of nitrogens with zero attached hydrogens (tertiary/aromatic N) is 2. The molecule has 0 spiro atoms. The average Bonchev–Trinajstić information content (AvgIpc) is 3.10. The zero-order valence-corrected chi connectivity index (χ0v) is 15.0. The van der Waals surface area contributed by atoms with Crippen molar-refractivity contribution in [3.05, 3.63) is 23.8 Å². The Bertz CT molecular complexity index is 723. The highest BCUT2D eigenvalue weighted by atomic mass is 32.1. The summed E-state index contributed by atoms with van der Waals surface area (Å²) >= 11 is 9.89. The van der Waals surface area contributed by atoms with Gasteiger partial charge in [0.2, 0.25) is 0 Å². The molecule has 0 aromatic heterocycles. The first-order valence-corrected chi connectivity index (χ1v) is 8.40. The number of halogens is 2. The van der Waals surface area contributed by atoms with E-state index in [1.54, 1.807) is 6.92 Å². The lowest BCUT2D eigenvalue weighted by Gasteiger charge is -2.20. The molecule has 2 fully saturated rings. The van der Waals surface area contributed by atoms with Crippen molar-refractivity contribution in [2.24, 2.45) is 0 Å². The molecule has 0 saturated carbocycles. The van der Waals surface area contributed by atoms with Crippen molar-refractivity contribution >= 4 is 51.9 Å². The molecule has 2 aliphatic heterocycles. The number of hydrogen-bond acceptors (Lipinski definition) is 5. The maximum Gasteiger partial charge on any atom is 0.414 e. The van der Waals surface area contributed by atoms with Crippen LogP contribution in [0.25, 0.3) is 0 Å². The number of carbonyl (C=O) groups excluding carboxylic acids is 1. The topological polar surface area (TPSA) is 56.8 Å². The molecule has 0 aliphatic carbocycles. The fraction of sp³-hybridized carbons (Fsp3) is 0.400. The van der Waals surface area contributed by atoms with Crippen LogP contribution >= 0.6 is 24.4 Å². The quantitative estimate of drug-likeness (QED) is 0.767. The SMILES string of the molecule is CC(=S)NC[C@H]1CN(c2cc(F)c(N3CNC(=S)C3)c(F)c2)C(=O)O1. The van der Waals surface area contributed by atoms with Crippen LogP contribution in [0, 0.1) is 11.6 Å². The van der Waals surface area contributed by atoms with Gasteiger partial charge in [-0.2, -0.15) is 0 Å². The lowest BCUT2D eigenvalue weighted by Crippen LogP contribution is -2.32. The molecule has 0 bridgehead atoms. The van der Waals surface area contributed by atoms with Gasteiger partial charge < -0.3 is 20.3 Å². The molecule has 1 amide bonds. The minimum Gasteiger partial charge on any atom is -0.442 e. The van der Waals surface area contributed by atoms with E-state index in [2.05, 4.69) is 10.6 Å². The van der Waals surface area contributed by atoms with Crippen LogP contribution in [0.1, 0.15) is 6.92 Å². The molecule has 10 heteroatoms. The van der Waals surface area contributed by atoms with Crippen LogP contribution in [0.5, 0.6) is 0 Å². The molecule has 0 unspecified atom stereocenters. The van der Waals surface area contributed by atoms with Gasteiger partial charge in [-0.25, -0.2) is 13.6 Å². The van der Waals surface area contributed by atoms with E-state index in [4.69, 9.17) is 29.2 Å². The summed E-state index contributed by atoms with van der Waals surface area (Å²) in [7, 11) is 0. The van der Waals surface area contributed by atoms with E-state index >= 15 is 0 Å². The average molecular weight is 386 g/mol. The van der Waals surface area contributed by atoms with Gasteiger partial charge >= 0.3 is 6.09 Å². The van der Waals surface area contributed by atoms with Gasteiger partial charge in [-0.3, -0.25) is 4.90 Å². The Kier molecular flexibility index (Phi) is 5.00. The summed E-state index contributed by atoms with van der Waals surface area (Å²) in [5.74, 6) is -1.52. The Morgan fingerprint density at radius 2 is 2.12 bits per heavy atom. The van der Waals surface area contributed by atoms with Crippen LogP contribution < -0.4 is 20.4 Å². The summed E-state index contributed by atoms with van der Waals surface area (Å²) in [5, 5.41) is 5.76. The normalized spacial score (nSPS) is 19.9. The summed E-state index contributed by atoms with van der Waals surface area (Å²) in [6.45, 7) is 2.73. The predicted octanol–water partition coefficient (Wildman–Crippen LogP) is 1.92. The molecule has 25 heavy (non-hydrogen) atoms. The van der Waals surface area contributed by atoms with Gasteiger partial charge in [0.1, 0.15) is 11.8 Å². The maximum absolute atomic E-state index is 14.5. The molecular formula is C15H16F2N4O2S2. The highest BCUT2D eigenvalue weighted by molar-refractivity contribution is 7.80. The van der Waals surface area contributed by atoms with Gasteiger partial charge in [-0.1, -0.05) is 24.4 Å². The lowest BCUT2D eigenvalue weighted by atomic mass is 10.2. The zero-order chi connectivity index (χ0) is 18.1. The molecule has 3 rings (SSSR count). The van der Waals surface area contributed by atoms with Crippen LogP contribution in [-0.2, 0) is 4.74 Å². The van der Waals surface area contributed by atoms with E-state index in [1.807, 2.05) is 0 Å². The molecule has 1 aromatic rings. The predicted molar refractivity (Wildman–Crippen MR) is 98.2 cm³/mol. The summed E-state index contributed by atoms with van der Waals surface area (Å²) in [4.78, 5) is 15.8. The number of rotatable bonds is 4. The second kappa shape index (κ2) is 7.04. The van der Waals surface area contributed by atoms with E-state index < -0.39 is 23.8 Å². The monoisotopic (exact) mass is 386 g/mol. The number of amides is 1. The van der Waals surface area contributed by atoms with E-state index in [0.29, 0.717) is 16.5 Å². The van der Waals surface area contributed by atoms with Gasteiger partial charge in [0.05, 0.1) is 42.0 Å². The zero-order valence-electron chi connectivity index (χ0n) is 13.3. The fourth-order valence-corrected chi connectivity index (χ4v) is 3.04. The third-order valence-electron chi connectivity index (χ3n) is 3.88. The van der Waals surface area contributed by atoms with Crippen molar-refractivity contribution in [3.8, 4) is 0 Å². The second-order valence-electron chi connectivity index (χ2n) is 5.77. The van der Waals surface area contributed by atoms with Crippen LogP contribution in [0.4, 0.5) is 25.0 Å². The Morgan fingerprint density at radius 1 is 1.44 bits per heavy atom.